The van der Waals surface area contributed by atoms with Gasteiger partial charge in [-0.05, 0) is 159 Å². The van der Waals surface area contributed by atoms with Crippen LogP contribution in [-0.4, -0.2) is 0 Å². The molecule has 13 rings (SSSR count). The minimum Gasteiger partial charge on any atom is -0.310 e. The summed E-state index contributed by atoms with van der Waals surface area (Å²) in [4.78, 5) is 2.42. The number of nitrogens with zero attached hydrogens (tertiary/aromatic N) is 1. The maximum absolute atomic E-state index is 2.42. The molecule has 0 spiro atoms. The summed E-state index contributed by atoms with van der Waals surface area (Å²) in [6.07, 6.45) is 0. The molecule has 75 heavy (non-hydrogen) atoms. The molecule has 352 valence electrons. The average molecular weight is 954 g/mol. The zero-order chi connectivity index (χ0) is 49.9. The third kappa shape index (κ3) is 8.77. The largest absolute Gasteiger partial charge is 0.310 e. The van der Waals surface area contributed by atoms with E-state index in [-0.39, 0.29) is 0 Å². The van der Waals surface area contributed by atoms with Crippen LogP contribution in [0.15, 0.2) is 309 Å². The average Bonchev–Trinajstić information content (AvgIpc) is 3.50. The van der Waals surface area contributed by atoms with Crippen LogP contribution in [0.1, 0.15) is 0 Å². The highest BCUT2D eigenvalue weighted by molar-refractivity contribution is 6.25. The summed E-state index contributed by atoms with van der Waals surface area (Å²) >= 11 is 0. The fraction of sp³-hybridized carbons (Fsp3) is 0. The zero-order valence-corrected chi connectivity index (χ0v) is 41.4. The van der Waals surface area contributed by atoms with Gasteiger partial charge in [0.05, 0.1) is 0 Å². The summed E-state index contributed by atoms with van der Waals surface area (Å²) in [5.41, 5.74) is 22.3. The third-order valence-corrected chi connectivity index (χ3v) is 14.6. The molecule has 0 aliphatic carbocycles. The SMILES string of the molecule is c1ccc(-c2cc(-c3ccccc3)cc(N(c3ccc(-c4ccc(-c5ccccc5)c(-c5ccccc5)c4)cc3)c3ccc(-c4cccc5c(-c6ccccc6)c(-c6ccccc6)c6ccccc6c45)cc3)c2)cc1. The molecule has 0 aliphatic heterocycles. The van der Waals surface area contributed by atoms with Crippen LogP contribution in [0.5, 0.6) is 0 Å². The van der Waals surface area contributed by atoms with Crippen molar-refractivity contribution < 1.29 is 0 Å². The van der Waals surface area contributed by atoms with Gasteiger partial charge in [-0.3, -0.25) is 0 Å². The highest BCUT2D eigenvalue weighted by Gasteiger charge is 2.21. The van der Waals surface area contributed by atoms with E-state index >= 15 is 0 Å². The third-order valence-electron chi connectivity index (χ3n) is 14.6. The van der Waals surface area contributed by atoms with Gasteiger partial charge in [-0.15, -0.1) is 0 Å². The van der Waals surface area contributed by atoms with Crippen molar-refractivity contribution >= 4 is 38.6 Å². The molecule has 0 aromatic heterocycles. The number of anilines is 3. The first-order chi connectivity index (χ1) is 37.2. The fourth-order valence-electron chi connectivity index (χ4n) is 11.1. The van der Waals surface area contributed by atoms with E-state index in [1.54, 1.807) is 0 Å². The number of rotatable bonds is 11. The molecule has 1 heteroatoms. The smallest absolute Gasteiger partial charge is 0.0473 e. The summed E-state index contributed by atoms with van der Waals surface area (Å²) in [6, 6.07) is 113. The van der Waals surface area contributed by atoms with Gasteiger partial charge in [-0.2, -0.15) is 0 Å². The summed E-state index contributed by atoms with van der Waals surface area (Å²) in [5, 5.41) is 4.97. The van der Waals surface area contributed by atoms with Gasteiger partial charge in [0.25, 0.3) is 0 Å². The summed E-state index contributed by atoms with van der Waals surface area (Å²) in [7, 11) is 0. The predicted octanol–water partition coefficient (Wildman–Crippen LogP) is 20.8. The minimum atomic E-state index is 1.07. The number of hydrogen-bond acceptors (Lipinski definition) is 1. The first-order valence-electron chi connectivity index (χ1n) is 25.8. The topological polar surface area (TPSA) is 3.24 Å². The van der Waals surface area contributed by atoms with Crippen LogP contribution in [-0.2, 0) is 0 Å². The molecule has 0 unspecified atom stereocenters. The molecule has 0 atom stereocenters. The second-order valence-corrected chi connectivity index (χ2v) is 19.2. The van der Waals surface area contributed by atoms with Gasteiger partial charge in [-0.1, -0.05) is 261 Å². The lowest BCUT2D eigenvalue weighted by Gasteiger charge is -2.27. The van der Waals surface area contributed by atoms with Crippen LogP contribution in [0.3, 0.4) is 0 Å². The number of fused-ring (bicyclic) bond motifs is 3. The minimum absolute atomic E-state index is 1.07. The Morgan fingerprint density at radius 2 is 0.547 bits per heavy atom. The Hall–Kier alpha value is -9.82. The molecule has 0 heterocycles. The molecule has 1 nitrogen and oxygen atoms in total. The zero-order valence-electron chi connectivity index (χ0n) is 41.4. The molecule has 0 saturated carbocycles. The number of hydrogen-bond donors (Lipinski definition) is 0. The van der Waals surface area contributed by atoms with Crippen LogP contribution in [0, 0.1) is 0 Å². The standard InChI is InChI=1S/C74H51N/c1-7-22-52(23-8-1)61-48-62(53-24-9-2-10-25-53)50-65(49-61)75(63-43-38-54(39-44-63)60-42-47-66(55-26-11-3-12-27-55)71(51-60)56-28-13-4-14-29-56)64-45-40-57(41-46-64)67-36-21-37-70-73(59-32-17-6-18-33-59)72(58-30-15-5-16-31-58)68-34-19-20-35-69(68)74(67)70/h1-51H. The van der Waals surface area contributed by atoms with Crippen LogP contribution >= 0.6 is 0 Å². The summed E-state index contributed by atoms with van der Waals surface area (Å²) in [6.45, 7) is 0. The van der Waals surface area contributed by atoms with E-state index in [9.17, 15) is 0 Å². The van der Waals surface area contributed by atoms with Gasteiger partial charge in [0.1, 0.15) is 0 Å². The van der Waals surface area contributed by atoms with Crippen molar-refractivity contribution in [1.82, 2.24) is 0 Å². The van der Waals surface area contributed by atoms with Gasteiger partial charge in [0.2, 0.25) is 0 Å². The van der Waals surface area contributed by atoms with Crippen molar-refractivity contribution in [1.29, 1.82) is 0 Å². The van der Waals surface area contributed by atoms with Crippen LogP contribution in [0.4, 0.5) is 17.1 Å². The Morgan fingerprint density at radius 3 is 1.07 bits per heavy atom. The van der Waals surface area contributed by atoms with Gasteiger partial charge in [0.15, 0.2) is 0 Å². The lowest BCUT2D eigenvalue weighted by atomic mass is 9.83. The predicted molar refractivity (Wildman–Crippen MR) is 320 cm³/mol. The van der Waals surface area contributed by atoms with Crippen LogP contribution in [0.25, 0.3) is 111 Å². The molecule has 13 aromatic carbocycles. The van der Waals surface area contributed by atoms with Crippen molar-refractivity contribution in [3.05, 3.63) is 309 Å². The van der Waals surface area contributed by atoms with Crippen molar-refractivity contribution in [2.45, 2.75) is 0 Å². The Labute approximate surface area is 439 Å². The van der Waals surface area contributed by atoms with Crippen LogP contribution < -0.4 is 4.90 Å². The highest BCUT2D eigenvalue weighted by atomic mass is 15.1. The molecule has 13 aromatic rings. The van der Waals surface area contributed by atoms with Gasteiger partial charge < -0.3 is 4.90 Å². The Balaban J connectivity index is 0.970. The van der Waals surface area contributed by atoms with E-state index in [1.165, 1.54) is 88.3 Å². The van der Waals surface area contributed by atoms with Crippen molar-refractivity contribution in [2.75, 3.05) is 4.90 Å². The van der Waals surface area contributed by atoms with E-state index in [0.29, 0.717) is 0 Å². The van der Waals surface area contributed by atoms with E-state index in [0.717, 1.165) is 39.3 Å². The van der Waals surface area contributed by atoms with Crippen LogP contribution in [0.2, 0.25) is 0 Å². The van der Waals surface area contributed by atoms with Gasteiger partial charge in [-0.25, -0.2) is 0 Å². The normalized spacial score (nSPS) is 11.2. The molecule has 0 radical (unpaired) electrons. The monoisotopic (exact) mass is 953 g/mol. The van der Waals surface area contributed by atoms with Gasteiger partial charge in [0, 0.05) is 17.1 Å². The Morgan fingerprint density at radius 1 is 0.173 bits per heavy atom. The Bertz CT molecular complexity index is 4040. The van der Waals surface area contributed by atoms with Crippen molar-refractivity contribution in [3.8, 4) is 89.0 Å². The molecular weight excluding hydrogens is 903 g/mol. The lowest BCUT2D eigenvalue weighted by Crippen LogP contribution is -2.10. The number of benzene rings is 13. The molecule has 0 aliphatic rings. The van der Waals surface area contributed by atoms with Crippen molar-refractivity contribution in [3.63, 3.8) is 0 Å². The molecule has 0 amide bonds. The molecule has 0 fully saturated rings. The fourth-order valence-corrected chi connectivity index (χ4v) is 11.1. The molecule has 0 N–H and O–H groups in total. The molecule has 0 bridgehead atoms. The van der Waals surface area contributed by atoms with E-state index in [1.807, 2.05) is 0 Å². The Kier molecular flexibility index (Phi) is 12.0. The van der Waals surface area contributed by atoms with Gasteiger partial charge >= 0.3 is 0 Å². The van der Waals surface area contributed by atoms with E-state index < -0.39 is 0 Å². The first kappa shape index (κ1) is 45.1. The van der Waals surface area contributed by atoms with Crippen molar-refractivity contribution in [2.24, 2.45) is 0 Å². The maximum atomic E-state index is 2.42. The quantitative estimate of drug-likeness (QED) is 0.117. The lowest BCUT2D eigenvalue weighted by molar-refractivity contribution is 1.28. The molecule has 0 saturated heterocycles. The second kappa shape index (κ2) is 20.0. The van der Waals surface area contributed by atoms with E-state index in [2.05, 4.69) is 314 Å². The highest BCUT2D eigenvalue weighted by Crippen LogP contribution is 2.48. The summed E-state index contributed by atoms with van der Waals surface area (Å²) in [5.74, 6) is 0. The molecular formula is C74H51N. The van der Waals surface area contributed by atoms with E-state index in [4.69, 9.17) is 0 Å². The maximum Gasteiger partial charge on any atom is 0.0473 e. The first-order valence-corrected chi connectivity index (χ1v) is 25.8. The summed E-state index contributed by atoms with van der Waals surface area (Å²) < 4.78 is 0. The second-order valence-electron chi connectivity index (χ2n) is 19.2.